The van der Waals surface area contributed by atoms with Crippen molar-refractivity contribution in [3.63, 3.8) is 0 Å². The number of amides is 1. The normalized spacial score (nSPS) is 17.8. The first-order valence-corrected chi connectivity index (χ1v) is 8.99. The van der Waals surface area contributed by atoms with Gasteiger partial charge in [-0.25, -0.2) is 0 Å². The third kappa shape index (κ3) is 2.99. The third-order valence-corrected chi connectivity index (χ3v) is 5.52. The lowest BCUT2D eigenvalue weighted by molar-refractivity contribution is 0.0550. The van der Waals surface area contributed by atoms with Crippen LogP contribution in [0.4, 0.5) is 0 Å². The van der Waals surface area contributed by atoms with Gasteiger partial charge in [0.2, 0.25) is 0 Å². The highest BCUT2D eigenvalue weighted by atomic mass is 32.1. The number of hydrogen-bond acceptors (Lipinski definition) is 5. The van der Waals surface area contributed by atoms with Crippen molar-refractivity contribution in [1.29, 1.82) is 0 Å². The van der Waals surface area contributed by atoms with Crippen LogP contribution in [-0.4, -0.2) is 48.3 Å². The van der Waals surface area contributed by atoms with Gasteiger partial charge in [0.15, 0.2) is 11.5 Å². The van der Waals surface area contributed by atoms with Crippen LogP contribution < -0.4 is 9.47 Å². The molecule has 5 nitrogen and oxygen atoms in total. The number of nitrogens with zero attached hydrogens (tertiary/aromatic N) is 1. The predicted molar refractivity (Wildman–Crippen MR) is 91.9 cm³/mol. The Morgan fingerprint density at radius 2 is 1.83 bits per heavy atom. The van der Waals surface area contributed by atoms with Crippen LogP contribution in [0.5, 0.6) is 11.5 Å². The van der Waals surface area contributed by atoms with E-state index in [0.29, 0.717) is 39.1 Å². The Kier molecular flexibility index (Phi) is 4.16. The number of likely N-dealkylation sites (tertiary alicyclic amines) is 1. The first-order chi connectivity index (χ1) is 11.7. The van der Waals surface area contributed by atoms with Crippen LogP contribution in [-0.2, 0) is 0 Å². The van der Waals surface area contributed by atoms with Crippen LogP contribution in [0.1, 0.15) is 22.5 Å². The molecule has 1 saturated heterocycles. The van der Waals surface area contributed by atoms with E-state index >= 15 is 0 Å². The standard InChI is InChI=1S/C18H19NO4S/c20-13-5-7-19(8-6-13)18(21)17-4-3-16(24-17)12-1-2-14-15(11-12)23-10-9-22-14/h1-4,11,13,20H,5-10H2. The molecule has 1 aromatic heterocycles. The highest BCUT2D eigenvalue weighted by Crippen LogP contribution is 2.37. The molecule has 3 heterocycles. The zero-order valence-electron chi connectivity index (χ0n) is 13.2. The molecule has 1 aromatic carbocycles. The number of fused-ring (bicyclic) bond motifs is 1. The second-order valence-electron chi connectivity index (χ2n) is 6.05. The maximum absolute atomic E-state index is 12.6. The van der Waals surface area contributed by atoms with Crippen LogP contribution >= 0.6 is 11.3 Å². The Hall–Kier alpha value is -2.05. The molecule has 2 aliphatic rings. The molecule has 0 aliphatic carbocycles. The molecule has 24 heavy (non-hydrogen) atoms. The number of aliphatic hydroxyl groups is 1. The number of benzene rings is 1. The van der Waals surface area contributed by atoms with E-state index in [-0.39, 0.29) is 12.0 Å². The van der Waals surface area contributed by atoms with Crippen molar-refractivity contribution in [1.82, 2.24) is 4.90 Å². The van der Waals surface area contributed by atoms with Gasteiger partial charge >= 0.3 is 0 Å². The molecular formula is C18H19NO4S. The molecular weight excluding hydrogens is 326 g/mol. The quantitative estimate of drug-likeness (QED) is 0.909. The van der Waals surface area contributed by atoms with Crippen molar-refractivity contribution in [2.45, 2.75) is 18.9 Å². The molecule has 0 saturated carbocycles. The average Bonchev–Trinajstić information content (AvgIpc) is 3.11. The Morgan fingerprint density at radius 1 is 1.08 bits per heavy atom. The number of piperidine rings is 1. The van der Waals surface area contributed by atoms with E-state index in [0.717, 1.165) is 26.8 Å². The number of rotatable bonds is 2. The SMILES string of the molecule is O=C(c1ccc(-c2ccc3c(c2)OCCO3)s1)N1CCC(O)CC1. The van der Waals surface area contributed by atoms with Gasteiger partial charge in [0, 0.05) is 18.0 Å². The van der Waals surface area contributed by atoms with Crippen molar-refractivity contribution in [2.75, 3.05) is 26.3 Å². The zero-order valence-corrected chi connectivity index (χ0v) is 14.1. The second-order valence-corrected chi connectivity index (χ2v) is 7.13. The lowest BCUT2D eigenvalue weighted by Crippen LogP contribution is -2.39. The summed E-state index contributed by atoms with van der Waals surface area (Å²) in [6.45, 7) is 2.38. The molecule has 126 valence electrons. The van der Waals surface area contributed by atoms with Crippen LogP contribution in [0.25, 0.3) is 10.4 Å². The summed E-state index contributed by atoms with van der Waals surface area (Å²) in [5.41, 5.74) is 1.03. The lowest BCUT2D eigenvalue weighted by Gasteiger charge is -2.29. The second kappa shape index (κ2) is 6.45. The molecule has 1 N–H and O–H groups in total. The van der Waals surface area contributed by atoms with Gasteiger partial charge in [0.25, 0.3) is 5.91 Å². The summed E-state index contributed by atoms with van der Waals surface area (Å²) in [5, 5.41) is 9.57. The van der Waals surface area contributed by atoms with E-state index < -0.39 is 0 Å². The third-order valence-electron chi connectivity index (χ3n) is 4.40. The Bertz CT molecular complexity index is 749. The van der Waals surface area contributed by atoms with Crippen LogP contribution in [0.2, 0.25) is 0 Å². The molecule has 2 aromatic rings. The van der Waals surface area contributed by atoms with E-state index in [9.17, 15) is 9.90 Å². The first kappa shape index (κ1) is 15.5. The fraction of sp³-hybridized carbons (Fsp3) is 0.389. The number of carbonyl (C=O) groups excluding carboxylic acids is 1. The van der Waals surface area contributed by atoms with Gasteiger partial charge in [-0.2, -0.15) is 0 Å². The predicted octanol–water partition coefficient (Wildman–Crippen LogP) is 2.78. The molecule has 4 rings (SSSR count). The van der Waals surface area contributed by atoms with Gasteiger partial charge < -0.3 is 19.5 Å². The largest absolute Gasteiger partial charge is 0.486 e. The maximum atomic E-state index is 12.6. The number of ether oxygens (including phenoxy) is 2. The van der Waals surface area contributed by atoms with Gasteiger partial charge in [-0.15, -0.1) is 11.3 Å². The molecule has 1 amide bonds. The Balaban J connectivity index is 1.53. The molecule has 0 bridgehead atoms. The topological polar surface area (TPSA) is 59.0 Å². The number of carbonyl (C=O) groups is 1. The van der Waals surface area contributed by atoms with Crippen molar-refractivity contribution in [3.8, 4) is 21.9 Å². The molecule has 0 spiro atoms. The van der Waals surface area contributed by atoms with E-state index in [4.69, 9.17) is 9.47 Å². The van der Waals surface area contributed by atoms with Crippen molar-refractivity contribution < 1.29 is 19.4 Å². The molecule has 1 fully saturated rings. The number of hydrogen-bond donors (Lipinski definition) is 1. The Morgan fingerprint density at radius 3 is 2.62 bits per heavy atom. The number of thiophene rings is 1. The van der Waals surface area contributed by atoms with Gasteiger partial charge in [0.1, 0.15) is 13.2 Å². The van der Waals surface area contributed by atoms with Gasteiger partial charge in [-0.05, 0) is 48.7 Å². The smallest absolute Gasteiger partial charge is 0.263 e. The minimum Gasteiger partial charge on any atom is -0.486 e. The summed E-state index contributed by atoms with van der Waals surface area (Å²) in [5.74, 6) is 1.57. The van der Waals surface area contributed by atoms with Gasteiger partial charge in [0.05, 0.1) is 11.0 Å². The van der Waals surface area contributed by atoms with Gasteiger partial charge in [-0.1, -0.05) is 0 Å². The monoisotopic (exact) mass is 345 g/mol. The minimum absolute atomic E-state index is 0.0516. The molecule has 6 heteroatoms. The highest BCUT2D eigenvalue weighted by molar-refractivity contribution is 7.17. The zero-order chi connectivity index (χ0) is 16.5. The fourth-order valence-corrected chi connectivity index (χ4v) is 4.00. The number of aliphatic hydroxyl groups excluding tert-OH is 1. The summed E-state index contributed by atoms with van der Waals surface area (Å²) in [4.78, 5) is 16.2. The molecule has 0 unspecified atom stereocenters. The van der Waals surface area contributed by atoms with E-state index in [1.54, 1.807) is 0 Å². The molecule has 2 aliphatic heterocycles. The summed E-state index contributed by atoms with van der Waals surface area (Å²) in [6, 6.07) is 9.72. The van der Waals surface area contributed by atoms with Crippen molar-refractivity contribution in [2.24, 2.45) is 0 Å². The van der Waals surface area contributed by atoms with Gasteiger partial charge in [-0.3, -0.25) is 4.79 Å². The van der Waals surface area contributed by atoms with Crippen LogP contribution in [0.15, 0.2) is 30.3 Å². The highest BCUT2D eigenvalue weighted by Gasteiger charge is 2.23. The van der Waals surface area contributed by atoms with Crippen molar-refractivity contribution in [3.05, 3.63) is 35.2 Å². The van der Waals surface area contributed by atoms with E-state index in [1.165, 1.54) is 11.3 Å². The summed E-state index contributed by atoms with van der Waals surface area (Å²) in [6.07, 6.45) is 1.05. The van der Waals surface area contributed by atoms with Crippen LogP contribution in [0, 0.1) is 0 Å². The summed E-state index contributed by atoms with van der Waals surface area (Å²) < 4.78 is 11.2. The van der Waals surface area contributed by atoms with E-state index in [1.807, 2.05) is 35.2 Å². The summed E-state index contributed by atoms with van der Waals surface area (Å²) >= 11 is 1.49. The van der Waals surface area contributed by atoms with Crippen LogP contribution in [0.3, 0.4) is 0 Å². The maximum Gasteiger partial charge on any atom is 0.263 e. The minimum atomic E-state index is -0.273. The van der Waals surface area contributed by atoms with Crippen molar-refractivity contribution >= 4 is 17.2 Å². The average molecular weight is 345 g/mol. The first-order valence-electron chi connectivity index (χ1n) is 8.18. The fourth-order valence-electron chi connectivity index (χ4n) is 3.03. The molecule has 0 radical (unpaired) electrons. The summed E-state index contributed by atoms with van der Waals surface area (Å²) in [7, 11) is 0. The van der Waals surface area contributed by atoms with E-state index in [2.05, 4.69) is 0 Å². The molecule has 0 atom stereocenters. The Labute approximate surface area is 144 Å². The lowest BCUT2D eigenvalue weighted by atomic mass is 10.1.